The van der Waals surface area contributed by atoms with E-state index in [1.165, 1.54) is 32.1 Å². The van der Waals surface area contributed by atoms with Gasteiger partial charge in [0, 0.05) is 25.2 Å². The highest BCUT2D eigenvalue weighted by molar-refractivity contribution is 4.85. The van der Waals surface area contributed by atoms with E-state index in [1.807, 2.05) is 0 Å². The molecule has 0 aromatic heterocycles. The molecule has 106 valence electrons. The summed E-state index contributed by atoms with van der Waals surface area (Å²) in [7, 11) is 0. The first-order chi connectivity index (χ1) is 8.70. The Morgan fingerprint density at radius 2 is 2.06 bits per heavy atom. The monoisotopic (exact) mass is 255 g/mol. The van der Waals surface area contributed by atoms with Gasteiger partial charge in [0.25, 0.3) is 0 Å². The Bertz CT molecular complexity index is 239. The summed E-state index contributed by atoms with van der Waals surface area (Å²) in [5.41, 5.74) is 3.01. The van der Waals surface area contributed by atoms with Crippen LogP contribution in [0.5, 0.6) is 0 Å². The van der Waals surface area contributed by atoms with Gasteiger partial charge in [-0.3, -0.25) is 16.2 Å². The molecule has 4 heteroatoms. The number of ether oxygens (including phenoxy) is 1. The molecule has 1 saturated heterocycles. The van der Waals surface area contributed by atoms with E-state index < -0.39 is 0 Å². The number of hydrogen-bond donors (Lipinski definition) is 2. The molecular weight excluding hydrogens is 226 g/mol. The van der Waals surface area contributed by atoms with Crippen molar-refractivity contribution in [1.29, 1.82) is 0 Å². The van der Waals surface area contributed by atoms with E-state index in [9.17, 15) is 0 Å². The van der Waals surface area contributed by atoms with Gasteiger partial charge in [-0.15, -0.1) is 0 Å². The van der Waals surface area contributed by atoms with Crippen LogP contribution in [0, 0.1) is 5.92 Å². The Morgan fingerprint density at radius 3 is 2.67 bits per heavy atom. The van der Waals surface area contributed by atoms with Crippen LogP contribution in [0.4, 0.5) is 0 Å². The van der Waals surface area contributed by atoms with E-state index in [0.717, 1.165) is 25.6 Å². The van der Waals surface area contributed by atoms with Gasteiger partial charge in [0.2, 0.25) is 0 Å². The van der Waals surface area contributed by atoms with Crippen molar-refractivity contribution in [3.63, 3.8) is 0 Å². The number of rotatable bonds is 5. The first-order valence-electron chi connectivity index (χ1n) is 7.52. The van der Waals surface area contributed by atoms with Crippen LogP contribution in [0.25, 0.3) is 0 Å². The molecule has 1 saturated carbocycles. The molecule has 1 aliphatic carbocycles. The highest BCUT2D eigenvalue weighted by Crippen LogP contribution is 2.30. The van der Waals surface area contributed by atoms with Gasteiger partial charge in [0.15, 0.2) is 0 Å². The van der Waals surface area contributed by atoms with Crippen molar-refractivity contribution in [1.82, 2.24) is 10.3 Å². The van der Waals surface area contributed by atoms with Crippen LogP contribution in [-0.4, -0.2) is 42.8 Å². The summed E-state index contributed by atoms with van der Waals surface area (Å²) in [6.07, 6.45) is 6.97. The fourth-order valence-corrected chi connectivity index (χ4v) is 3.34. The molecule has 3 N–H and O–H groups in total. The smallest absolute Gasteiger partial charge is 0.0868 e. The van der Waals surface area contributed by atoms with Gasteiger partial charge in [-0.2, -0.15) is 0 Å². The van der Waals surface area contributed by atoms with E-state index in [2.05, 4.69) is 24.2 Å². The third-order valence-corrected chi connectivity index (χ3v) is 4.58. The second kappa shape index (κ2) is 6.85. The summed E-state index contributed by atoms with van der Waals surface area (Å²) in [5.74, 6) is 6.61. The average molecular weight is 255 g/mol. The van der Waals surface area contributed by atoms with E-state index in [0.29, 0.717) is 12.1 Å². The number of nitrogens with two attached hydrogens (primary N) is 1. The van der Waals surface area contributed by atoms with E-state index in [-0.39, 0.29) is 6.10 Å². The first kappa shape index (κ1) is 14.3. The van der Waals surface area contributed by atoms with Crippen molar-refractivity contribution in [2.24, 2.45) is 11.8 Å². The SMILES string of the molecule is CC(C)N1CCOC(C(CC2CCCC2)NN)C1. The van der Waals surface area contributed by atoms with Crippen LogP contribution in [-0.2, 0) is 4.74 Å². The quantitative estimate of drug-likeness (QED) is 0.577. The number of nitrogens with zero attached hydrogens (tertiary/aromatic N) is 1. The molecule has 2 unspecified atom stereocenters. The zero-order valence-electron chi connectivity index (χ0n) is 11.9. The Balaban J connectivity index is 1.85. The minimum Gasteiger partial charge on any atom is -0.374 e. The van der Waals surface area contributed by atoms with Gasteiger partial charge in [0.1, 0.15) is 0 Å². The molecule has 1 heterocycles. The number of nitrogens with one attached hydrogen (secondary N) is 1. The Hall–Kier alpha value is -0.160. The van der Waals surface area contributed by atoms with Crippen LogP contribution in [0.15, 0.2) is 0 Å². The molecule has 2 aliphatic rings. The lowest BCUT2D eigenvalue weighted by Gasteiger charge is -2.39. The number of morpholine rings is 1. The average Bonchev–Trinajstić information content (AvgIpc) is 2.89. The number of hydrazine groups is 1. The van der Waals surface area contributed by atoms with Crippen LogP contribution < -0.4 is 11.3 Å². The van der Waals surface area contributed by atoms with E-state index >= 15 is 0 Å². The third-order valence-electron chi connectivity index (χ3n) is 4.58. The second-order valence-electron chi connectivity index (χ2n) is 6.16. The van der Waals surface area contributed by atoms with Gasteiger partial charge >= 0.3 is 0 Å². The van der Waals surface area contributed by atoms with Gasteiger partial charge in [-0.05, 0) is 26.2 Å². The molecule has 2 atom stereocenters. The van der Waals surface area contributed by atoms with Crippen LogP contribution in [0.1, 0.15) is 46.0 Å². The molecule has 2 fully saturated rings. The summed E-state index contributed by atoms with van der Waals surface area (Å²) < 4.78 is 5.94. The Morgan fingerprint density at radius 1 is 1.33 bits per heavy atom. The molecule has 0 aromatic rings. The van der Waals surface area contributed by atoms with Crippen molar-refractivity contribution in [2.75, 3.05) is 19.7 Å². The standard InChI is InChI=1S/C14H29N3O/c1-11(2)17-7-8-18-14(10-17)13(16-15)9-12-5-3-4-6-12/h11-14,16H,3-10,15H2,1-2H3. The zero-order valence-corrected chi connectivity index (χ0v) is 11.9. The van der Waals surface area contributed by atoms with Crippen LogP contribution >= 0.6 is 0 Å². The molecule has 2 rings (SSSR count). The minimum atomic E-state index is 0.256. The second-order valence-corrected chi connectivity index (χ2v) is 6.16. The van der Waals surface area contributed by atoms with Crippen molar-refractivity contribution in [3.8, 4) is 0 Å². The van der Waals surface area contributed by atoms with Gasteiger partial charge in [0.05, 0.1) is 12.7 Å². The predicted molar refractivity (Wildman–Crippen MR) is 74.1 cm³/mol. The van der Waals surface area contributed by atoms with Gasteiger partial charge in [-0.25, -0.2) is 0 Å². The molecule has 0 aromatic carbocycles. The topological polar surface area (TPSA) is 50.5 Å². The van der Waals surface area contributed by atoms with E-state index in [1.54, 1.807) is 0 Å². The lowest BCUT2D eigenvalue weighted by atomic mass is 9.94. The highest BCUT2D eigenvalue weighted by atomic mass is 16.5. The first-order valence-corrected chi connectivity index (χ1v) is 7.52. The lowest BCUT2D eigenvalue weighted by molar-refractivity contribution is -0.0586. The lowest BCUT2D eigenvalue weighted by Crippen LogP contribution is -2.55. The maximum Gasteiger partial charge on any atom is 0.0868 e. The normalized spacial score (nSPS) is 29.0. The summed E-state index contributed by atoms with van der Waals surface area (Å²) in [4.78, 5) is 2.49. The largest absolute Gasteiger partial charge is 0.374 e. The van der Waals surface area contributed by atoms with Crippen molar-refractivity contribution in [3.05, 3.63) is 0 Å². The zero-order chi connectivity index (χ0) is 13.0. The molecule has 1 aliphatic heterocycles. The van der Waals surface area contributed by atoms with Gasteiger partial charge in [-0.1, -0.05) is 25.7 Å². The highest BCUT2D eigenvalue weighted by Gasteiger charge is 2.30. The maximum absolute atomic E-state index is 5.94. The van der Waals surface area contributed by atoms with Crippen molar-refractivity contribution >= 4 is 0 Å². The Kier molecular flexibility index (Phi) is 5.42. The predicted octanol–water partition coefficient (Wildman–Crippen LogP) is 1.51. The summed E-state index contributed by atoms with van der Waals surface area (Å²) >= 11 is 0. The fourth-order valence-electron chi connectivity index (χ4n) is 3.34. The summed E-state index contributed by atoms with van der Waals surface area (Å²) in [6, 6.07) is 0.913. The summed E-state index contributed by atoms with van der Waals surface area (Å²) in [5, 5.41) is 0. The molecule has 18 heavy (non-hydrogen) atoms. The molecule has 0 spiro atoms. The number of hydrogen-bond acceptors (Lipinski definition) is 4. The molecule has 0 radical (unpaired) electrons. The molecule has 0 bridgehead atoms. The minimum absolute atomic E-state index is 0.256. The van der Waals surface area contributed by atoms with Crippen molar-refractivity contribution in [2.45, 2.75) is 64.1 Å². The molecular formula is C14H29N3O. The van der Waals surface area contributed by atoms with Crippen LogP contribution in [0.2, 0.25) is 0 Å². The van der Waals surface area contributed by atoms with Gasteiger partial charge < -0.3 is 4.74 Å². The molecule has 4 nitrogen and oxygen atoms in total. The maximum atomic E-state index is 5.94. The van der Waals surface area contributed by atoms with Crippen LogP contribution in [0.3, 0.4) is 0 Å². The van der Waals surface area contributed by atoms with Crippen molar-refractivity contribution < 1.29 is 4.74 Å². The summed E-state index contributed by atoms with van der Waals surface area (Å²) in [6.45, 7) is 7.41. The fraction of sp³-hybridized carbons (Fsp3) is 1.00. The Labute approximate surface area is 111 Å². The molecule has 0 amide bonds. The van der Waals surface area contributed by atoms with E-state index in [4.69, 9.17) is 10.6 Å². The third kappa shape index (κ3) is 3.67.